The number of nitrogens with one attached hydrogen (secondary N) is 1. The summed E-state index contributed by atoms with van der Waals surface area (Å²) >= 11 is 0. The molecule has 1 atom stereocenters. The molecule has 30 heavy (non-hydrogen) atoms. The number of alkyl halides is 3. The largest absolute Gasteiger partial charge is 0.506 e. The highest BCUT2D eigenvalue weighted by molar-refractivity contribution is 5.77. The number of anilines is 2. The Morgan fingerprint density at radius 3 is 2.57 bits per heavy atom. The number of aryl methyl sites for hydroxylation is 1. The van der Waals surface area contributed by atoms with E-state index in [1.54, 1.807) is 24.4 Å². The van der Waals surface area contributed by atoms with Gasteiger partial charge >= 0.3 is 6.18 Å². The maximum atomic E-state index is 13.0. The SMILES string of the molecule is Cc1ccnc(N[C@H](c2ccc(C(F)(F)F)cc2)N2CC=Cc3cccc(O)c32)n1. The second-order valence-electron chi connectivity index (χ2n) is 6.96. The number of phenols is 1. The Morgan fingerprint density at radius 1 is 1.10 bits per heavy atom. The van der Waals surface area contributed by atoms with E-state index in [2.05, 4.69) is 15.3 Å². The van der Waals surface area contributed by atoms with Crippen LogP contribution in [0.3, 0.4) is 0 Å². The number of fused-ring (bicyclic) bond motifs is 1. The first-order valence-corrected chi connectivity index (χ1v) is 9.31. The van der Waals surface area contributed by atoms with Gasteiger partial charge in [0.1, 0.15) is 11.9 Å². The summed E-state index contributed by atoms with van der Waals surface area (Å²) in [5.41, 5.74) is 2.01. The molecular formula is C22H19F3N4O. The average molecular weight is 412 g/mol. The molecule has 0 amide bonds. The molecule has 0 aliphatic carbocycles. The highest BCUT2D eigenvalue weighted by Gasteiger charge is 2.31. The Labute approximate surface area is 171 Å². The van der Waals surface area contributed by atoms with Crippen molar-refractivity contribution in [2.75, 3.05) is 16.8 Å². The number of phenolic OH excluding ortho intramolecular Hbond substituents is 1. The fourth-order valence-electron chi connectivity index (χ4n) is 3.45. The average Bonchev–Trinajstić information content (AvgIpc) is 2.71. The standard InChI is InChI=1S/C22H19F3N4O/c1-14-11-12-26-21(27-14)28-20(16-7-9-17(10-8-16)22(23,24)25)29-13-3-5-15-4-2-6-18(30)19(15)29/h2-12,20,30H,13H2,1H3,(H,26,27,28)/t20-/m0/s1. The zero-order valence-electron chi connectivity index (χ0n) is 16.1. The Balaban J connectivity index is 1.78. The molecule has 0 saturated carbocycles. The van der Waals surface area contributed by atoms with E-state index in [0.29, 0.717) is 23.7 Å². The van der Waals surface area contributed by atoms with Gasteiger partial charge in [0.25, 0.3) is 0 Å². The van der Waals surface area contributed by atoms with Crippen molar-refractivity contribution in [2.45, 2.75) is 19.3 Å². The predicted octanol–water partition coefficient (Wildman–Crippen LogP) is 5.15. The Hall–Kier alpha value is -3.55. The van der Waals surface area contributed by atoms with Crippen molar-refractivity contribution >= 4 is 17.7 Å². The highest BCUT2D eigenvalue weighted by atomic mass is 19.4. The fraction of sp³-hybridized carbons (Fsp3) is 0.182. The summed E-state index contributed by atoms with van der Waals surface area (Å²) in [5.74, 6) is 0.423. The van der Waals surface area contributed by atoms with Crippen LogP contribution in [-0.2, 0) is 6.18 Å². The first-order chi connectivity index (χ1) is 14.3. The van der Waals surface area contributed by atoms with E-state index in [-0.39, 0.29) is 5.75 Å². The summed E-state index contributed by atoms with van der Waals surface area (Å²) < 4.78 is 39.1. The molecule has 0 bridgehead atoms. The van der Waals surface area contributed by atoms with Crippen LogP contribution in [0.15, 0.2) is 60.8 Å². The minimum absolute atomic E-state index is 0.0840. The van der Waals surface area contributed by atoms with Gasteiger partial charge in [0.15, 0.2) is 0 Å². The molecule has 3 aromatic rings. The summed E-state index contributed by atoms with van der Waals surface area (Å²) in [7, 11) is 0. The second-order valence-corrected chi connectivity index (χ2v) is 6.96. The normalized spacial score (nSPS) is 14.3. The lowest BCUT2D eigenvalue weighted by molar-refractivity contribution is -0.137. The summed E-state index contributed by atoms with van der Waals surface area (Å²) in [6, 6.07) is 11.9. The summed E-state index contributed by atoms with van der Waals surface area (Å²) in [4.78, 5) is 10.5. The lowest BCUT2D eigenvalue weighted by atomic mass is 10.0. The molecule has 0 fully saturated rings. The number of para-hydroxylation sites is 1. The van der Waals surface area contributed by atoms with Gasteiger partial charge in [0, 0.05) is 24.0 Å². The predicted molar refractivity (Wildman–Crippen MR) is 109 cm³/mol. The van der Waals surface area contributed by atoms with Crippen LogP contribution in [0.5, 0.6) is 5.75 Å². The van der Waals surface area contributed by atoms with Gasteiger partial charge in [0.2, 0.25) is 5.95 Å². The van der Waals surface area contributed by atoms with E-state index in [1.165, 1.54) is 12.1 Å². The van der Waals surface area contributed by atoms with E-state index in [0.717, 1.165) is 23.4 Å². The lowest BCUT2D eigenvalue weighted by Crippen LogP contribution is -2.36. The molecule has 0 saturated heterocycles. The number of benzene rings is 2. The molecule has 0 unspecified atom stereocenters. The Morgan fingerprint density at radius 2 is 1.87 bits per heavy atom. The number of halogens is 3. The first-order valence-electron chi connectivity index (χ1n) is 9.31. The minimum Gasteiger partial charge on any atom is -0.506 e. The number of nitrogens with zero attached hydrogens (tertiary/aromatic N) is 3. The van der Waals surface area contributed by atoms with Crippen LogP contribution in [-0.4, -0.2) is 21.6 Å². The van der Waals surface area contributed by atoms with Crippen LogP contribution in [0.1, 0.15) is 28.6 Å². The molecular weight excluding hydrogens is 393 g/mol. The Kier molecular flexibility index (Phi) is 5.07. The van der Waals surface area contributed by atoms with Crippen molar-refractivity contribution in [1.82, 2.24) is 9.97 Å². The van der Waals surface area contributed by atoms with Crippen molar-refractivity contribution < 1.29 is 18.3 Å². The smallest absolute Gasteiger partial charge is 0.416 e. The molecule has 0 radical (unpaired) electrons. The van der Waals surface area contributed by atoms with Gasteiger partial charge in [-0.05, 0) is 36.8 Å². The van der Waals surface area contributed by atoms with E-state index in [4.69, 9.17) is 0 Å². The molecule has 1 aliphatic heterocycles. The number of hydrogen-bond acceptors (Lipinski definition) is 5. The summed E-state index contributed by atoms with van der Waals surface area (Å²) in [6.07, 6.45) is 0.414. The summed E-state index contributed by atoms with van der Waals surface area (Å²) in [6.45, 7) is 2.26. The van der Waals surface area contributed by atoms with Gasteiger partial charge in [-0.3, -0.25) is 0 Å². The molecule has 2 heterocycles. The second kappa shape index (κ2) is 7.70. The van der Waals surface area contributed by atoms with Crippen molar-refractivity contribution in [1.29, 1.82) is 0 Å². The van der Waals surface area contributed by atoms with Crippen LogP contribution in [0.4, 0.5) is 24.8 Å². The van der Waals surface area contributed by atoms with Crippen LogP contribution < -0.4 is 10.2 Å². The molecule has 1 aliphatic rings. The van der Waals surface area contributed by atoms with Gasteiger partial charge in [-0.1, -0.05) is 36.4 Å². The number of aromatic hydroxyl groups is 1. The van der Waals surface area contributed by atoms with E-state index in [9.17, 15) is 18.3 Å². The molecule has 2 aromatic carbocycles. The van der Waals surface area contributed by atoms with Gasteiger partial charge in [-0.15, -0.1) is 0 Å². The van der Waals surface area contributed by atoms with E-state index >= 15 is 0 Å². The van der Waals surface area contributed by atoms with Gasteiger partial charge in [-0.2, -0.15) is 13.2 Å². The Bertz CT molecular complexity index is 1080. The third kappa shape index (κ3) is 3.94. The van der Waals surface area contributed by atoms with Crippen LogP contribution in [0, 0.1) is 6.92 Å². The monoisotopic (exact) mass is 412 g/mol. The van der Waals surface area contributed by atoms with Crippen molar-refractivity contribution in [2.24, 2.45) is 0 Å². The zero-order valence-corrected chi connectivity index (χ0v) is 16.1. The molecule has 8 heteroatoms. The molecule has 5 nitrogen and oxygen atoms in total. The minimum atomic E-state index is -4.42. The van der Waals surface area contributed by atoms with Crippen molar-refractivity contribution in [3.8, 4) is 5.75 Å². The maximum Gasteiger partial charge on any atom is 0.416 e. The first kappa shape index (κ1) is 19.8. The number of hydrogen-bond donors (Lipinski definition) is 2. The van der Waals surface area contributed by atoms with Crippen LogP contribution in [0.25, 0.3) is 6.08 Å². The van der Waals surface area contributed by atoms with Gasteiger partial charge in [-0.25, -0.2) is 9.97 Å². The van der Waals surface area contributed by atoms with Gasteiger partial charge in [0.05, 0.1) is 11.3 Å². The summed E-state index contributed by atoms with van der Waals surface area (Å²) in [5, 5.41) is 13.7. The quantitative estimate of drug-likeness (QED) is 0.620. The molecule has 4 rings (SSSR count). The lowest BCUT2D eigenvalue weighted by Gasteiger charge is -2.37. The third-order valence-corrected chi connectivity index (χ3v) is 4.86. The molecule has 0 spiro atoms. The van der Waals surface area contributed by atoms with Crippen molar-refractivity contribution in [3.05, 3.63) is 83.2 Å². The molecule has 1 aromatic heterocycles. The van der Waals surface area contributed by atoms with Crippen LogP contribution >= 0.6 is 0 Å². The molecule has 2 N–H and O–H groups in total. The number of rotatable bonds is 4. The maximum absolute atomic E-state index is 13.0. The topological polar surface area (TPSA) is 61.3 Å². The highest BCUT2D eigenvalue weighted by Crippen LogP contribution is 2.40. The van der Waals surface area contributed by atoms with E-state index < -0.39 is 17.9 Å². The van der Waals surface area contributed by atoms with Crippen molar-refractivity contribution in [3.63, 3.8) is 0 Å². The zero-order chi connectivity index (χ0) is 21.3. The molecule has 154 valence electrons. The van der Waals surface area contributed by atoms with Crippen LogP contribution in [0.2, 0.25) is 0 Å². The van der Waals surface area contributed by atoms with Gasteiger partial charge < -0.3 is 15.3 Å². The number of aromatic nitrogens is 2. The van der Waals surface area contributed by atoms with E-state index in [1.807, 2.05) is 30.0 Å². The fourth-order valence-corrected chi connectivity index (χ4v) is 3.45. The third-order valence-electron chi connectivity index (χ3n) is 4.86.